The summed E-state index contributed by atoms with van der Waals surface area (Å²) < 4.78 is 12.6. The van der Waals surface area contributed by atoms with Gasteiger partial charge in [-0.3, -0.25) is 14.9 Å². The zero-order chi connectivity index (χ0) is 31.3. The van der Waals surface area contributed by atoms with E-state index in [9.17, 15) is 14.4 Å². The average molecular weight is 670 g/mol. The number of aryl methyl sites for hydroxylation is 1. The lowest BCUT2D eigenvalue weighted by atomic mass is 9.48. The molecule has 3 aromatic carbocycles. The lowest BCUT2D eigenvalue weighted by molar-refractivity contribution is -0.122. The van der Waals surface area contributed by atoms with Crippen LogP contribution in [0, 0.1) is 24.7 Å². The Kier molecular flexibility index (Phi) is 7.80. The summed E-state index contributed by atoms with van der Waals surface area (Å²) >= 11 is 3.58. The SMILES string of the molecule is CCOc1cc(/C=C2\C(=O)NC(=O)N(c3ccc(C45CC6CC(CC(C6)C4)C5)cc3)C2=O)c(Br)cc1OCc1cccc(C)c1. The zero-order valence-electron chi connectivity index (χ0n) is 25.6. The van der Waals surface area contributed by atoms with Crippen LogP contribution in [0.2, 0.25) is 0 Å². The number of hydrogen-bond donors (Lipinski definition) is 1. The Morgan fingerprint density at radius 2 is 1.58 bits per heavy atom. The Morgan fingerprint density at radius 1 is 0.911 bits per heavy atom. The lowest BCUT2D eigenvalue weighted by Gasteiger charge is -2.57. The molecule has 1 saturated heterocycles. The van der Waals surface area contributed by atoms with Gasteiger partial charge < -0.3 is 9.47 Å². The quantitative estimate of drug-likeness (QED) is 0.195. The van der Waals surface area contributed by atoms with Crippen molar-refractivity contribution < 1.29 is 23.9 Å². The van der Waals surface area contributed by atoms with Crippen LogP contribution < -0.4 is 19.7 Å². The molecule has 0 radical (unpaired) electrons. The van der Waals surface area contributed by atoms with E-state index in [1.54, 1.807) is 12.1 Å². The Labute approximate surface area is 272 Å². The summed E-state index contributed by atoms with van der Waals surface area (Å²) in [4.78, 5) is 40.7. The topological polar surface area (TPSA) is 84.9 Å². The number of ether oxygens (including phenoxy) is 2. The maximum absolute atomic E-state index is 13.7. The summed E-state index contributed by atoms with van der Waals surface area (Å²) in [6.45, 7) is 4.66. The first-order chi connectivity index (χ1) is 21.7. The van der Waals surface area contributed by atoms with Crippen LogP contribution in [0.4, 0.5) is 10.5 Å². The Balaban J connectivity index is 1.14. The molecule has 0 unspecified atom stereocenters. The van der Waals surface area contributed by atoms with Crippen molar-refractivity contribution in [2.45, 2.75) is 64.4 Å². The molecular weight excluding hydrogens is 632 g/mol. The summed E-state index contributed by atoms with van der Waals surface area (Å²) in [5.41, 5.74) is 4.54. The number of carbonyl (C=O) groups is 3. The van der Waals surface area contributed by atoms with Gasteiger partial charge in [0.2, 0.25) is 0 Å². The molecule has 1 aliphatic heterocycles. The molecular formula is C37H37BrN2O5. The summed E-state index contributed by atoms with van der Waals surface area (Å²) in [6.07, 6.45) is 9.29. The predicted octanol–water partition coefficient (Wildman–Crippen LogP) is 7.87. The first kappa shape index (κ1) is 29.8. The minimum atomic E-state index is -0.751. The first-order valence-corrected chi connectivity index (χ1v) is 16.7. The van der Waals surface area contributed by atoms with Gasteiger partial charge >= 0.3 is 6.03 Å². The van der Waals surface area contributed by atoms with Crippen LogP contribution in [-0.4, -0.2) is 24.5 Å². The maximum atomic E-state index is 13.7. The van der Waals surface area contributed by atoms with E-state index in [0.717, 1.165) is 33.8 Å². The van der Waals surface area contributed by atoms with Crippen molar-refractivity contribution in [2.75, 3.05) is 11.5 Å². The normalized spacial score (nSPS) is 26.4. The van der Waals surface area contributed by atoms with E-state index in [2.05, 4.69) is 39.4 Å². The molecule has 5 fully saturated rings. The molecule has 45 heavy (non-hydrogen) atoms. The van der Waals surface area contributed by atoms with Gasteiger partial charge in [0.25, 0.3) is 11.8 Å². The number of barbiturate groups is 1. The minimum absolute atomic E-state index is 0.142. The van der Waals surface area contributed by atoms with E-state index >= 15 is 0 Å². The number of urea groups is 1. The number of amides is 4. The summed E-state index contributed by atoms with van der Waals surface area (Å²) in [6, 6.07) is 18.7. The minimum Gasteiger partial charge on any atom is -0.490 e. The van der Waals surface area contributed by atoms with Crippen molar-refractivity contribution in [3.8, 4) is 11.5 Å². The van der Waals surface area contributed by atoms with Crippen molar-refractivity contribution >= 4 is 45.5 Å². The van der Waals surface area contributed by atoms with Crippen molar-refractivity contribution in [1.82, 2.24) is 5.32 Å². The summed E-state index contributed by atoms with van der Waals surface area (Å²) in [7, 11) is 0. The third-order valence-electron chi connectivity index (χ3n) is 10.0. The number of nitrogens with zero attached hydrogens (tertiary/aromatic N) is 1. The Bertz CT molecular complexity index is 1680. The molecule has 5 aliphatic rings. The highest BCUT2D eigenvalue weighted by atomic mass is 79.9. The van der Waals surface area contributed by atoms with Crippen LogP contribution in [-0.2, 0) is 21.6 Å². The zero-order valence-corrected chi connectivity index (χ0v) is 27.2. The number of rotatable bonds is 8. The molecule has 4 saturated carbocycles. The fourth-order valence-electron chi connectivity index (χ4n) is 8.48. The highest BCUT2D eigenvalue weighted by molar-refractivity contribution is 9.10. The van der Waals surface area contributed by atoms with Gasteiger partial charge in [-0.25, -0.2) is 9.69 Å². The second-order valence-electron chi connectivity index (χ2n) is 13.2. The van der Waals surface area contributed by atoms with E-state index < -0.39 is 17.8 Å². The van der Waals surface area contributed by atoms with Gasteiger partial charge in [-0.15, -0.1) is 0 Å². The van der Waals surface area contributed by atoms with Gasteiger partial charge in [-0.1, -0.05) is 57.9 Å². The lowest BCUT2D eigenvalue weighted by Crippen LogP contribution is -2.54. The van der Waals surface area contributed by atoms with Crippen LogP contribution >= 0.6 is 15.9 Å². The van der Waals surface area contributed by atoms with Crippen molar-refractivity contribution in [3.63, 3.8) is 0 Å². The molecule has 4 bridgehead atoms. The van der Waals surface area contributed by atoms with Gasteiger partial charge in [0.1, 0.15) is 12.2 Å². The molecule has 4 amide bonds. The maximum Gasteiger partial charge on any atom is 0.335 e. The van der Waals surface area contributed by atoms with Crippen LogP contribution in [0.15, 0.2) is 70.7 Å². The van der Waals surface area contributed by atoms with Gasteiger partial charge in [0, 0.05) is 4.47 Å². The van der Waals surface area contributed by atoms with Gasteiger partial charge in [0.05, 0.1) is 12.3 Å². The van der Waals surface area contributed by atoms with E-state index in [0.29, 0.717) is 40.4 Å². The molecule has 3 aromatic rings. The smallest absolute Gasteiger partial charge is 0.335 e. The third kappa shape index (κ3) is 5.69. The molecule has 4 aliphatic carbocycles. The molecule has 8 heteroatoms. The standard InChI is InChI=1S/C37H37BrN2O5/c1-3-44-32-16-27(31(38)17-33(32)45-21-23-6-4-5-22(2)11-23)15-30-34(41)39-36(43)40(35(30)42)29-9-7-28(8-10-29)37-18-24-12-25(19-37)14-26(13-24)20-37/h4-11,15-17,24-26H,3,12-14,18-21H2,1-2H3,(H,39,41,43)/b30-15+. The number of benzene rings is 3. The number of imide groups is 2. The van der Waals surface area contributed by atoms with Crippen LogP contribution in [0.3, 0.4) is 0 Å². The molecule has 1 N–H and O–H groups in total. The number of nitrogens with one attached hydrogen (secondary N) is 1. The molecule has 0 aromatic heterocycles. The number of hydrogen-bond acceptors (Lipinski definition) is 5. The van der Waals surface area contributed by atoms with Crippen molar-refractivity contribution in [1.29, 1.82) is 0 Å². The van der Waals surface area contributed by atoms with Gasteiger partial charge in [-0.2, -0.15) is 0 Å². The van der Waals surface area contributed by atoms with Gasteiger partial charge in [-0.05, 0) is 123 Å². The van der Waals surface area contributed by atoms with E-state index in [4.69, 9.17) is 9.47 Å². The molecule has 0 spiro atoms. The van der Waals surface area contributed by atoms with Crippen molar-refractivity contribution in [3.05, 3.63) is 93.0 Å². The average Bonchev–Trinajstić information content (AvgIpc) is 2.99. The van der Waals surface area contributed by atoms with E-state index in [1.807, 2.05) is 44.2 Å². The third-order valence-corrected chi connectivity index (χ3v) is 10.7. The van der Waals surface area contributed by atoms with E-state index in [-0.39, 0.29) is 11.0 Å². The number of carbonyl (C=O) groups excluding carboxylic acids is 3. The largest absolute Gasteiger partial charge is 0.490 e. The second-order valence-corrected chi connectivity index (χ2v) is 14.1. The molecule has 0 atom stereocenters. The van der Waals surface area contributed by atoms with E-state index in [1.165, 1.54) is 50.2 Å². The van der Waals surface area contributed by atoms with Gasteiger partial charge in [0.15, 0.2) is 11.5 Å². The highest BCUT2D eigenvalue weighted by Gasteiger charge is 2.51. The molecule has 232 valence electrons. The summed E-state index contributed by atoms with van der Waals surface area (Å²) in [5.74, 6) is 2.06. The van der Waals surface area contributed by atoms with Crippen LogP contribution in [0.5, 0.6) is 11.5 Å². The number of anilines is 1. The van der Waals surface area contributed by atoms with Crippen LogP contribution in [0.1, 0.15) is 67.7 Å². The van der Waals surface area contributed by atoms with Crippen LogP contribution in [0.25, 0.3) is 6.08 Å². The molecule has 1 heterocycles. The molecule has 7 nitrogen and oxygen atoms in total. The number of halogens is 1. The fourth-order valence-corrected chi connectivity index (χ4v) is 8.92. The van der Waals surface area contributed by atoms with Crippen molar-refractivity contribution in [2.24, 2.45) is 17.8 Å². The monoisotopic (exact) mass is 668 g/mol. The predicted molar refractivity (Wildman–Crippen MR) is 176 cm³/mol. The Morgan fingerprint density at radius 3 is 2.22 bits per heavy atom. The highest BCUT2D eigenvalue weighted by Crippen LogP contribution is 2.60. The molecule has 8 rings (SSSR count). The second kappa shape index (κ2) is 11.8. The Hall–Kier alpha value is -3.91. The summed E-state index contributed by atoms with van der Waals surface area (Å²) in [5, 5.41) is 2.35. The fraction of sp³-hybridized carbons (Fsp3) is 0.378. The first-order valence-electron chi connectivity index (χ1n) is 15.9.